The second-order valence-electron chi connectivity index (χ2n) is 6.10. The highest BCUT2D eigenvalue weighted by Crippen LogP contribution is 2.26. The van der Waals surface area contributed by atoms with Crippen molar-refractivity contribution < 1.29 is 14.3 Å². The summed E-state index contributed by atoms with van der Waals surface area (Å²) >= 11 is 1.30. The van der Waals surface area contributed by atoms with Crippen LogP contribution in [0.25, 0.3) is 10.8 Å². The van der Waals surface area contributed by atoms with Crippen molar-refractivity contribution >= 4 is 34.6 Å². The van der Waals surface area contributed by atoms with Crippen LogP contribution in [-0.4, -0.2) is 29.0 Å². The molecule has 1 atom stereocenters. The molecule has 2 aromatic carbocycles. The van der Waals surface area contributed by atoms with E-state index in [2.05, 4.69) is 0 Å². The Morgan fingerprint density at radius 2 is 1.75 bits per heavy atom. The van der Waals surface area contributed by atoms with Gasteiger partial charge in [-0.3, -0.25) is 9.10 Å². The Balaban J connectivity index is 1.97. The number of carbonyl (C=O) groups is 2. The summed E-state index contributed by atoms with van der Waals surface area (Å²) in [5.74, 6) is 1.21. The van der Waals surface area contributed by atoms with E-state index in [4.69, 9.17) is 4.74 Å². The molecule has 4 nitrogen and oxygen atoms in total. The lowest BCUT2D eigenvalue weighted by molar-refractivity contribution is -0.124. The molecule has 2 rings (SSSR count). The van der Waals surface area contributed by atoms with Crippen LogP contribution in [0.15, 0.2) is 42.5 Å². The van der Waals surface area contributed by atoms with Gasteiger partial charge in [-0.15, -0.1) is 0 Å². The molecule has 5 heteroatoms. The maximum Gasteiger partial charge on any atom is 0.425 e. The van der Waals surface area contributed by atoms with E-state index in [-0.39, 0.29) is 17.6 Å². The van der Waals surface area contributed by atoms with Gasteiger partial charge in [-0.2, -0.15) is 0 Å². The van der Waals surface area contributed by atoms with Crippen LogP contribution in [0.1, 0.15) is 20.8 Å². The number of hydrogen-bond donors (Lipinski definition) is 0. The van der Waals surface area contributed by atoms with Gasteiger partial charge in [-0.05, 0) is 23.4 Å². The number of Topliss-reactive ketones (excluding diaryl/α,β-unsaturated/α-hetero) is 1. The van der Waals surface area contributed by atoms with Crippen LogP contribution in [0.3, 0.4) is 0 Å². The predicted molar refractivity (Wildman–Crippen MR) is 99.2 cm³/mol. The van der Waals surface area contributed by atoms with Crippen LogP contribution in [0.2, 0.25) is 0 Å². The number of rotatable bonds is 6. The number of ketones is 1. The Hall–Kier alpha value is -2.01. The van der Waals surface area contributed by atoms with Crippen LogP contribution in [0.4, 0.5) is 4.79 Å². The number of hydrogen-bond acceptors (Lipinski definition) is 4. The highest BCUT2D eigenvalue weighted by Gasteiger charge is 2.20. The number of fused-ring (bicyclic) bond motifs is 1. The van der Waals surface area contributed by atoms with Crippen LogP contribution < -0.4 is 4.74 Å². The summed E-state index contributed by atoms with van der Waals surface area (Å²) in [6.07, 6.45) is -0.444. The number of amides is 1. The summed E-state index contributed by atoms with van der Waals surface area (Å²) in [5, 5.41) is 1.92. The number of carbonyl (C=O) groups excluding carboxylic acids is 2. The zero-order chi connectivity index (χ0) is 17.7. The van der Waals surface area contributed by atoms with E-state index in [1.165, 1.54) is 16.3 Å². The largest absolute Gasteiger partial charge is 0.425 e. The standard InChI is InChI=1S/C19H23NO3S/c1-13(2)18(21)14(3)12-24-20(4)19(22)23-17-11-7-9-15-8-5-6-10-16(15)17/h5-11,13-14H,12H2,1-4H3. The third-order valence-corrected chi connectivity index (χ3v) is 4.96. The maximum absolute atomic E-state index is 12.3. The fourth-order valence-electron chi connectivity index (χ4n) is 2.37. The first-order chi connectivity index (χ1) is 11.4. The molecule has 0 saturated carbocycles. The Morgan fingerprint density at radius 3 is 2.46 bits per heavy atom. The lowest BCUT2D eigenvalue weighted by atomic mass is 9.99. The molecule has 0 saturated heterocycles. The van der Waals surface area contributed by atoms with E-state index in [0.717, 1.165) is 10.8 Å². The van der Waals surface area contributed by atoms with E-state index in [9.17, 15) is 9.59 Å². The quantitative estimate of drug-likeness (QED) is 0.707. The molecule has 0 bridgehead atoms. The monoisotopic (exact) mass is 345 g/mol. The Morgan fingerprint density at radius 1 is 1.08 bits per heavy atom. The molecular formula is C19H23NO3S. The van der Waals surface area contributed by atoms with Crippen LogP contribution in [0.5, 0.6) is 5.75 Å². The second-order valence-corrected chi connectivity index (χ2v) is 7.24. The summed E-state index contributed by atoms with van der Waals surface area (Å²) in [6.45, 7) is 5.67. The van der Waals surface area contributed by atoms with Gasteiger partial charge in [-0.1, -0.05) is 57.2 Å². The van der Waals surface area contributed by atoms with E-state index in [1.807, 2.05) is 57.2 Å². The molecule has 0 radical (unpaired) electrons. The van der Waals surface area contributed by atoms with Gasteiger partial charge in [0.15, 0.2) is 0 Å². The molecule has 24 heavy (non-hydrogen) atoms. The number of benzene rings is 2. The van der Waals surface area contributed by atoms with E-state index < -0.39 is 6.09 Å². The van der Waals surface area contributed by atoms with Crippen molar-refractivity contribution in [2.45, 2.75) is 20.8 Å². The molecule has 0 N–H and O–H groups in total. The smallest absolute Gasteiger partial charge is 0.409 e. The van der Waals surface area contributed by atoms with Gasteiger partial charge < -0.3 is 4.74 Å². The van der Waals surface area contributed by atoms with Crippen molar-refractivity contribution in [2.24, 2.45) is 11.8 Å². The average Bonchev–Trinajstić information content (AvgIpc) is 2.58. The van der Waals surface area contributed by atoms with Crippen molar-refractivity contribution in [3.05, 3.63) is 42.5 Å². The summed E-state index contributed by atoms with van der Waals surface area (Å²) in [5.41, 5.74) is 0. The van der Waals surface area contributed by atoms with Crippen LogP contribution >= 0.6 is 11.9 Å². The van der Waals surface area contributed by atoms with E-state index in [0.29, 0.717) is 11.5 Å². The third kappa shape index (κ3) is 4.51. The SMILES string of the molecule is CC(C)C(=O)C(C)CSN(C)C(=O)Oc1cccc2ccccc12. The zero-order valence-corrected chi connectivity index (χ0v) is 15.3. The molecule has 2 aromatic rings. The summed E-state index contributed by atoms with van der Waals surface area (Å²) in [6, 6.07) is 13.4. The predicted octanol–water partition coefficient (Wildman–Crippen LogP) is 4.78. The first kappa shape index (κ1) is 18.3. The minimum absolute atomic E-state index is 0.00791. The Bertz CT molecular complexity index is 724. The number of ether oxygens (including phenoxy) is 1. The third-order valence-electron chi connectivity index (χ3n) is 3.78. The first-order valence-electron chi connectivity index (χ1n) is 8.00. The molecule has 0 fully saturated rings. The van der Waals surface area contributed by atoms with E-state index >= 15 is 0 Å². The Labute approximate surface area is 147 Å². The van der Waals surface area contributed by atoms with Crippen molar-refractivity contribution in [3.8, 4) is 5.75 Å². The summed E-state index contributed by atoms with van der Waals surface area (Å²) in [4.78, 5) is 24.2. The van der Waals surface area contributed by atoms with Gasteiger partial charge in [-0.25, -0.2) is 4.79 Å². The summed E-state index contributed by atoms with van der Waals surface area (Å²) < 4.78 is 6.95. The lowest BCUT2D eigenvalue weighted by Crippen LogP contribution is -2.26. The minimum Gasteiger partial charge on any atom is -0.409 e. The van der Waals surface area contributed by atoms with Crippen LogP contribution in [0, 0.1) is 11.8 Å². The first-order valence-corrected chi connectivity index (χ1v) is 8.94. The molecule has 0 heterocycles. The molecule has 0 spiro atoms. The van der Waals surface area contributed by atoms with Crippen LogP contribution in [-0.2, 0) is 4.79 Å². The normalized spacial score (nSPS) is 12.2. The fraction of sp³-hybridized carbons (Fsp3) is 0.368. The molecule has 0 aromatic heterocycles. The molecule has 0 aliphatic rings. The van der Waals surface area contributed by atoms with Crippen molar-refractivity contribution in [1.29, 1.82) is 0 Å². The van der Waals surface area contributed by atoms with Gasteiger partial charge in [0.05, 0.1) is 0 Å². The van der Waals surface area contributed by atoms with Gasteiger partial charge in [0.25, 0.3) is 0 Å². The van der Waals surface area contributed by atoms with E-state index in [1.54, 1.807) is 13.1 Å². The fourth-order valence-corrected chi connectivity index (χ4v) is 3.12. The highest BCUT2D eigenvalue weighted by atomic mass is 32.2. The molecule has 0 aliphatic heterocycles. The summed E-state index contributed by atoms with van der Waals surface area (Å²) in [7, 11) is 1.66. The van der Waals surface area contributed by atoms with Gasteiger partial charge >= 0.3 is 6.09 Å². The molecule has 1 amide bonds. The Kier molecular flexibility index (Phi) is 6.26. The van der Waals surface area contributed by atoms with Crippen molar-refractivity contribution in [2.75, 3.05) is 12.8 Å². The molecule has 0 aliphatic carbocycles. The molecule has 1 unspecified atom stereocenters. The van der Waals surface area contributed by atoms with Gasteiger partial charge in [0.2, 0.25) is 0 Å². The molecular weight excluding hydrogens is 322 g/mol. The zero-order valence-electron chi connectivity index (χ0n) is 14.5. The van der Waals surface area contributed by atoms with Crippen molar-refractivity contribution in [1.82, 2.24) is 4.31 Å². The second kappa shape index (κ2) is 8.20. The highest BCUT2D eigenvalue weighted by molar-refractivity contribution is 7.97. The van der Waals surface area contributed by atoms with Gasteiger partial charge in [0, 0.05) is 30.0 Å². The minimum atomic E-state index is -0.444. The topological polar surface area (TPSA) is 46.6 Å². The van der Waals surface area contributed by atoms with Crippen molar-refractivity contribution in [3.63, 3.8) is 0 Å². The number of nitrogens with zero attached hydrogens (tertiary/aromatic N) is 1. The maximum atomic E-state index is 12.3. The molecule has 128 valence electrons. The lowest BCUT2D eigenvalue weighted by Gasteiger charge is -2.19. The van der Waals surface area contributed by atoms with Gasteiger partial charge in [0.1, 0.15) is 11.5 Å². The average molecular weight is 345 g/mol.